The van der Waals surface area contributed by atoms with Crippen molar-refractivity contribution in [2.45, 2.75) is 19.4 Å². The number of hydrogen-bond donors (Lipinski definition) is 1. The topological polar surface area (TPSA) is 45.2 Å². The number of likely N-dealkylation sites (N-methyl/N-ethyl adjacent to an activating group) is 1. The molecule has 1 heterocycles. The van der Waals surface area contributed by atoms with Gasteiger partial charge in [0.15, 0.2) is 11.5 Å². The van der Waals surface area contributed by atoms with E-state index in [2.05, 4.69) is 30.8 Å². The number of aliphatic hydroxyl groups excluding tert-OH is 1. The molecule has 0 bridgehead atoms. The summed E-state index contributed by atoms with van der Waals surface area (Å²) in [7, 11) is 4.16. The number of nitrogens with zero attached hydrogens (tertiary/aromatic N) is 2. The van der Waals surface area contributed by atoms with E-state index in [0.717, 1.165) is 43.1 Å². The first-order valence-corrected chi connectivity index (χ1v) is 7.55. The third kappa shape index (κ3) is 4.59. The van der Waals surface area contributed by atoms with Gasteiger partial charge in [0.05, 0.1) is 6.10 Å². The molecule has 1 aromatic carbocycles. The first-order chi connectivity index (χ1) is 10.1. The molecule has 21 heavy (non-hydrogen) atoms. The molecule has 1 N–H and O–H groups in total. The van der Waals surface area contributed by atoms with Gasteiger partial charge in [-0.2, -0.15) is 0 Å². The van der Waals surface area contributed by atoms with Gasteiger partial charge in [-0.1, -0.05) is 13.0 Å². The van der Waals surface area contributed by atoms with Crippen LogP contribution in [0, 0.1) is 0 Å². The molecule has 0 fully saturated rings. The van der Waals surface area contributed by atoms with Gasteiger partial charge in [0.25, 0.3) is 0 Å². The van der Waals surface area contributed by atoms with Gasteiger partial charge in [0.1, 0.15) is 0 Å². The average Bonchev–Trinajstić information content (AvgIpc) is 2.92. The third-order valence-electron chi connectivity index (χ3n) is 3.74. The van der Waals surface area contributed by atoms with Crippen LogP contribution in [-0.4, -0.2) is 62.0 Å². The molecule has 5 nitrogen and oxygen atoms in total. The van der Waals surface area contributed by atoms with E-state index in [1.54, 1.807) is 0 Å². The Labute approximate surface area is 127 Å². The van der Waals surface area contributed by atoms with E-state index in [1.165, 1.54) is 0 Å². The van der Waals surface area contributed by atoms with E-state index >= 15 is 0 Å². The van der Waals surface area contributed by atoms with Gasteiger partial charge in [0.2, 0.25) is 6.79 Å². The van der Waals surface area contributed by atoms with Gasteiger partial charge in [-0.3, -0.25) is 0 Å². The van der Waals surface area contributed by atoms with Gasteiger partial charge < -0.3 is 24.4 Å². The Morgan fingerprint density at radius 1 is 1.19 bits per heavy atom. The number of ether oxygens (including phenoxy) is 2. The van der Waals surface area contributed by atoms with Gasteiger partial charge in [0, 0.05) is 6.54 Å². The molecule has 0 saturated carbocycles. The second kappa shape index (κ2) is 7.64. The van der Waals surface area contributed by atoms with E-state index in [-0.39, 0.29) is 6.79 Å². The molecular weight excluding hydrogens is 268 g/mol. The molecule has 1 aliphatic rings. The van der Waals surface area contributed by atoms with Gasteiger partial charge in [-0.15, -0.1) is 0 Å². The number of fused-ring (bicyclic) bond motifs is 1. The zero-order chi connectivity index (χ0) is 15.2. The van der Waals surface area contributed by atoms with Crippen LogP contribution in [0.1, 0.15) is 25.0 Å². The van der Waals surface area contributed by atoms with Crippen molar-refractivity contribution in [1.29, 1.82) is 0 Å². The number of benzene rings is 1. The minimum atomic E-state index is -0.501. The fourth-order valence-electron chi connectivity index (χ4n) is 2.46. The average molecular weight is 294 g/mol. The maximum atomic E-state index is 10.4. The van der Waals surface area contributed by atoms with E-state index < -0.39 is 6.10 Å². The van der Waals surface area contributed by atoms with Crippen molar-refractivity contribution in [3.8, 4) is 11.5 Å². The van der Waals surface area contributed by atoms with Crippen molar-refractivity contribution in [1.82, 2.24) is 9.80 Å². The first-order valence-electron chi connectivity index (χ1n) is 7.55. The lowest BCUT2D eigenvalue weighted by molar-refractivity contribution is 0.113. The Morgan fingerprint density at radius 2 is 1.95 bits per heavy atom. The van der Waals surface area contributed by atoms with E-state index in [9.17, 15) is 5.11 Å². The number of rotatable bonds is 8. The molecule has 0 saturated heterocycles. The predicted molar refractivity (Wildman–Crippen MR) is 82.8 cm³/mol. The van der Waals surface area contributed by atoms with Crippen molar-refractivity contribution in [3.63, 3.8) is 0 Å². The van der Waals surface area contributed by atoms with Crippen LogP contribution in [0.3, 0.4) is 0 Å². The second-order valence-electron chi connectivity index (χ2n) is 5.68. The lowest BCUT2D eigenvalue weighted by Gasteiger charge is -2.24. The Kier molecular flexibility index (Phi) is 5.85. The molecule has 1 aromatic rings. The van der Waals surface area contributed by atoms with E-state index in [4.69, 9.17) is 9.47 Å². The molecular formula is C16H26N2O3. The number of aliphatic hydroxyl groups is 1. The van der Waals surface area contributed by atoms with Crippen LogP contribution in [-0.2, 0) is 0 Å². The monoisotopic (exact) mass is 294 g/mol. The van der Waals surface area contributed by atoms with Crippen LogP contribution in [0.4, 0.5) is 0 Å². The molecule has 1 aliphatic heterocycles. The zero-order valence-corrected chi connectivity index (χ0v) is 13.2. The highest BCUT2D eigenvalue weighted by atomic mass is 16.7. The Bertz CT molecular complexity index is 451. The molecule has 1 unspecified atom stereocenters. The highest BCUT2D eigenvalue weighted by Gasteiger charge is 2.18. The molecule has 1 atom stereocenters. The van der Waals surface area contributed by atoms with Crippen molar-refractivity contribution in [2.24, 2.45) is 0 Å². The molecule has 118 valence electrons. The minimum Gasteiger partial charge on any atom is -0.454 e. The van der Waals surface area contributed by atoms with Gasteiger partial charge in [-0.05, 0) is 57.8 Å². The lowest BCUT2D eigenvalue weighted by atomic mass is 10.1. The summed E-state index contributed by atoms with van der Waals surface area (Å²) in [6.07, 6.45) is 0.605. The van der Waals surface area contributed by atoms with Crippen LogP contribution in [0.2, 0.25) is 0 Å². The first kappa shape index (κ1) is 16.1. The molecule has 0 aliphatic carbocycles. The summed E-state index contributed by atoms with van der Waals surface area (Å²) in [6.45, 7) is 6.04. The molecule has 0 radical (unpaired) electrons. The second-order valence-corrected chi connectivity index (χ2v) is 5.68. The maximum Gasteiger partial charge on any atom is 0.231 e. The minimum absolute atomic E-state index is 0.264. The summed E-state index contributed by atoms with van der Waals surface area (Å²) >= 11 is 0. The van der Waals surface area contributed by atoms with Crippen LogP contribution in [0.15, 0.2) is 18.2 Å². The van der Waals surface area contributed by atoms with Gasteiger partial charge in [-0.25, -0.2) is 0 Å². The largest absolute Gasteiger partial charge is 0.454 e. The standard InChI is InChI=1S/C16H26N2O3/c1-4-18(9-5-8-17(2)3)11-14(19)13-6-7-15-16(10-13)21-12-20-15/h6-7,10,14,19H,4-5,8-9,11-12H2,1-3H3. The van der Waals surface area contributed by atoms with E-state index in [1.807, 2.05) is 18.2 Å². The van der Waals surface area contributed by atoms with Crippen LogP contribution in [0.5, 0.6) is 11.5 Å². The fourth-order valence-corrected chi connectivity index (χ4v) is 2.46. The quantitative estimate of drug-likeness (QED) is 0.791. The number of hydrogen-bond acceptors (Lipinski definition) is 5. The van der Waals surface area contributed by atoms with Gasteiger partial charge >= 0.3 is 0 Å². The van der Waals surface area contributed by atoms with Crippen LogP contribution < -0.4 is 9.47 Å². The summed E-state index contributed by atoms with van der Waals surface area (Å²) in [6, 6.07) is 5.65. The molecule has 2 rings (SSSR count). The molecule has 0 amide bonds. The summed E-state index contributed by atoms with van der Waals surface area (Å²) in [4.78, 5) is 4.46. The summed E-state index contributed by atoms with van der Waals surface area (Å²) in [5.74, 6) is 1.48. The third-order valence-corrected chi connectivity index (χ3v) is 3.74. The SMILES string of the molecule is CCN(CCCN(C)C)CC(O)c1ccc2c(c1)OCO2. The summed E-state index contributed by atoms with van der Waals surface area (Å²) in [5, 5.41) is 10.4. The Hall–Kier alpha value is -1.30. The Morgan fingerprint density at radius 3 is 2.67 bits per heavy atom. The van der Waals surface area contributed by atoms with Crippen molar-refractivity contribution in [3.05, 3.63) is 23.8 Å². The van der Waals surface area contributed by atoms with Crippen molar-refractivity contribution < 1.29 is 14.6 Å². The normalized spacial score (nSPS) is 15.0. The Balaban J connectivity index is 1.88. The summed E-state index contributed by atoms with van der Waals surface area (Å²) < 4.78 is 10.7. The summed E-state index contributed by atoms with van der Waals surface area (Å²) in [5.41, 5.74) is 0.880. The molecule has 0 spiro atoms. The van der Waals surface area contributed by atoms with E-state index in [0.29, 0.717) is 6.54 Å². The fraction of sp³-hybridized carbons (Fsp3) is 0.625. The highest BCUT2D eigenvalue weighted by Crippen LogP contribution is 2.34. The lowest BCUT2D eigenvalue weighted by Crippen LogP contribution is -2.31. The smallest absolute Gasteiger partial charge is 0.231 e. The molecule has 5 heteroatoms. The van der Waals surface area contributed by atoms with Crippen LogP contribution >= 0.6 is 0 Å². The predicted octanol–water partition coefficient (Wildman–Crippen LogP) is 1.72. The highest BCUT2D eigenvalue weighted by molar-refractivity contribution is 5.45. The molecule has 0 aromatic heterocycles. The van der Waals surface area contributed by atoms with Crippen molar-refractivity contribution in [2.75, 3.05) is 47.1 Å². The van der Waals surface area contributed by atoms with Crippen molar-refractivity contribution >= 4 is 0 Å². The zero-order valence-electron chi connectivity index (χ0n) is 13.2. The maximum absolute atomic E-state index is 10.4. The van der Waals surface area contributed by atoms with Crippen LogP contribution in [0.25, 0.3) is 0 Å².